The van der Waals surface area contributed by atoms with E-state index in [1.165, 1.54) is 54.4 Å². The van der Waals surface area contributed by atoms with Crippen LogP contribution >= 0.6 is 0 Å². The molecule has 0 N–H and O–H groups in total. The first-order valence-corrected chi connectivity index (χ1v) is 20.3. The molecule has 268 valence electrons. The van der Waals surface area contributed by atoms with Gasteiger partial charge in [0.2, 0.25) is 0 Å². The third-order valence-corrected chi connectivity index (χ3v) is 13.7. The zero-order valence-corrected chi connectivity index (χ0v) is 31.1. The minimum absolute atomic E-state index is 0.102. The van der Waals surface area contributed by atoms with Gasteiger partial charge in [0.25, 0.3) is 0 Å². The molecule has 2 aromatic heterocycles. The molecule has 4 fully saturated rings. The van der Waals surface area contributed by atoms with Gasteiger partial charge in [-0.15, -0.1) is 0 Å². The molecule has 0 aliphatic heterocycles. The van der Waals surface area contributed by atoms with Crippen molar-refractivity contribution < 1.29 is 0 Å². The first-order chi connectivity index (χ1) is 27.7. The van der Waals surface area contributed by atoms with Gasteiger partial charge in [-0.2, -0.15) is 0 Å². The van der Waals surface area contributed by atoms with Crippen molar-refractivity contribution in [3.8, 4) is 67.5 Å². The van der Waals surface area contributed by atoms with Crippen LogP contribution in [-0.4, -0.2) is 19.9 Å². The van der Waals surface area contributed by atoms with Crippen LogP contribution < -0.4 is 0 Å². The Labute approximate surface area is 327 Å². The average Bonchev–Trinajstić information content (AvgIpc) is 3.55. The summed E-state index contributed by atoms with van der Waals surface area (Å²) in [6.45, 7) is 0. The second-order valence-electron chi connectivity index (χ2n) is 16.7. The number of pyridine rings is 1. The third kappa shape index (κ3) is 4.91. The van der Waals surface area contributed by atoms with E-state index in [1.54, 1.807) is 11.1 Å². The molecule has 0 saturated heterocycles. The largest absolute Gasteiger partial charge is 0.256 e. The van der Waals surface area contributed by atoms with Crippen LogP contribution in [0.25, 0.3) is 78.4 Å². The van der Waals surface area contributed by atoms with Crippen LogP contribution in [0.5, 0.6) is 0 Å². The van der Waals surface area contributed by atoms with Gasteiger partial charge in [0.1, 0.15) is 0 Å². The lowest BCUT2D eigenvalue weighted by atomic mass is 9.43. The Balaban J connectivity index is 1.07. The molecule has 0 amide bonds. The fraction of sp³-hybridized carbons (Fsp3) is 0.192. The Morgan fingerprint density at radius 3 is 1.62 bits per heavy atom. The SMILES string of the molecule is c1ccc(-c2nc(-c3ccccc3)nc(-c3cc(-c4ccc5c(c4)C4(c6ccccc6-5)C5CC6CC(C5)CC4C6)cc(-c4ccc5ncccc5c4)c3)n2)cc1. The first kappa shape index (κ1) is 32.0. The molecule has 1 spiro atoms. The summed E-state index contributed by atoms with van der Waals surface area (Å²) >= 11 is 0. The zero-order valence-electron chi connectivity index (χ0n) is 31.1. The minimum Gasteiger partial charge on any atom is -0.256 e. The van der Waals surface area contributed by atoms with Crippen LogP contribution in [0.3, 0.4) is 0 Å². The number of fused-ring (bicyclic) bond motifs is 4. The van der Waals surface area contributed by atoms with Crippen molar-refractivity contribution in [3.63, 3.8) is 0 Å². The number of benzene rings is 6. The maximum absolute atomic E-state index is 5.19. The molecule has 8 aromatic rings. The van der Waals surface area contributed by atoms with E-state index in [2.05, 4.69) is 114 Å². The zero-order chi connectivity index (χ0) is 36.8. The molecule has 4 bridgehead atoms. The first-order valence-electron chi connectivity index (χ1n) is 20.3. The second-order valence-corrected chi connectivity index (χ2v) is 16.7. The number of rotatable bonds is 5. The molecule has 13 rings (SSSR count). The topological polar surface area (TPSA) is 51.6 Å². The van der Waals surface area contributed by atoms with Gasteiger partial charge in [0, 0.05) is 33.7 Å². The van der Waals surface area contributed by atoms with Gasteiger partial charge < -0.3 is 0 Å². The summed E-state index contributed by atoms with van der Waals surface area (Å²) in [6, 6.07) is 54.9. The monoisotopic (exact) mass is 720 g/mol. The number of aromatic nitrogens is 4. The van der Waals surface area contributed by atoms with Crippen LogP contribution in [0.15, 0.2) is 158 Å². The summed E-state index contributed by atoms with van der Waals surface area (Å²) in [4.78, 5) is 20.0. The van der Waals surface area contributed by atoms with Crippen LogP contribution in [0.1, 0.15) is 43.2 Å². The molecule has 4 heteroatoms. The Morgan fingerprint density at radius 2 is 0.946 bits per heavy atom. The summed E-state index contributed by atoms with van der Waals surface area (Å²) in [7, 11) is 0. The lowest BCUT2D eigenvalue weighted by Gasteiger charge is -2.61. The van der Waals surface area contributed by atoms with E-state index in [-0.39, 0.29) is 5.41 Å². The second kappa shape index (κ2) is 12.4. The van der Waals surface area contributed by atoms with E-state index in [1.807, 2.05) is 48.7 Å². The highest BCUT2D eigenvalue weighted by Crippen LogP contribution is 2.69. The molecule has 6 aromatic carbocycles. The van der Waals surface area contributed by atoms with Crippen molar-refractivity contribution in [1.82, 2.24) is 19.9 Å². The number of hydrogen-bond donors (Lipinski definition) is 0. The van der Waals surface area contributed by atoms with Gasteiger partial charge >= 0.3 is 0 Å². The van der Waals surface area contributed by atoms with Gasteiger partial charge in [-0.1, -0.05) is 109 Å². The van der Waals surface area contributed by atoms with E-state index >= 15 is 0 Å². The Bertz CT molecular complexity index is 2740. The maximum Gasteiger partial charge on any atom is 0.164 e. The van der Waals surface area contributed by atoms with E-state index in [9.17, 15) is 0 Å². The van der Waals surface area contributed by atoms with Crippen molar-refractivity contribution in [3.05, 3.63) is 169 Å². The molecule has 4 saturated carbocycles. The van der Waals surface area contributed by atoms with E-state index in [4.69, 9.17) is 15.0 Å². The van der Waals surface area contributed by atoms with Crippen molar-refractivity contribution in [1.29, 1.82) is 0 Å². The number of nitrogens with zero attached hydrogens (tertiary/aromatic N) is 4. The van der Waals surface area contributed by atoms with Crippen LogP contribution in [-0.2, 0) is 5.41 Å². The molecule has 56 heavy (non-hydrogen) atoms. The van der Waals surface area contributed by atoms with Crippen LogP contribution in [0.4, 0.5) is 0 Å². The quantitative estimate of drug-likeness (QED) is 0.178. The van der Waals surface area contributed by atoms with Crippen LogP contribution in [0.2, 0.25) is 0 Å². The molecule has 4 nitrogen and oxygen atoms in total. The van der Waals surface area contributed by atoms with Crippen molar-refractivity contribution in [2.24, 2.45) is 23.7 Å². The molecule has 0 unspecified atom stereocenters. The molecule has 0 radical (unpaired) electrons. The average molecular weight is 721 g/mol. The van der Waals surface area contributed by atoms with E-state index in [0.717, 1.165) is 50.6 Å². The minimum atomic E-state index is 0.102. The Kier molecular flexibility index (Phi) is 7.08. The van der Waals surface area contributed by atoms with E-state index in [0.29, 0.717) is 29.3 Å². The lowest BCUT2D eigenvalue weighted by Crippen LogP contribution is -2.55. The summed E-state index contributed by atoms with van der Waals surface area (Å²) in [5.41, 5.74) is 14.7. The van der Waals surface area contributed by atoms with Gasteiger partial charge in [0.15, 0.2) is 17.5 Å². The van der Waals surface area contributed by atoms with Crippen molar-refractivity contribution >= 4 is 10.9 Å². The van der Waals surface area contributed by atoms with Crippen molar-refractivity contribution in [2.75, 3.05) is 0 Å². The fourth-order valence-corrected chi connectivity index (χ4v) is 11.6. The van der Waals surface area contributed by atoms with Gasteiger partial charge in [-0.3, -0.25) is 4.98 Å². The van der Waals surface area contributed by atoms with Crippen molar-refractivity contribution in [2.45, 2.75) is 37.5 Å². The summed E-state index contributed by atoms with van der Waals surface area (Å²) < 4.78 is 0. The lowest BCUT2D eigenvalue weighted by molar-refractivity contribution is -0.0399. The highest BCUT2D eigenvalue weighted by molar-refractivity contribution is 5.89. The molecular weight excluding hydrogens is 681 g/mol. The summed E-state index contributed by atoms with van der Waals surface area (Å²) in [5.74, 6) is 5.22. The normalized spacial score (nSPS) is 22.7. The van der Waals surface area contributed by atoms with Gasteiger partial charge in [-0.25, -0.2) is 15.0 Å². The predicted molar refractivity (Wildman–Crippen MR) is 226 cm³/mol. The Morgan fingerprint density at radius 1 is 0.393 bits per heavy atom. The molecular formula is C52H40N4. The highest BCUT2D eigenvalue weighted by atomic mass is 15.0. The Hall–Kier alpha value is -6.26. The smallest absolute Gasteiger partial charge is 0.164 e. The molecule has 2 heterocycles. The maximum atomic E-state index is 5.19. The predicted octanol–water partition coefficient (Wildman–Crippen LogP) is 12.5. The van der Waals surface area contributed by atoms with Gasteiger partial charge in [-0.05, 0) is 143 Å². The van der Waals surface area contributed by atoms with Crippen LogP contribution in [0, 0.1) is 23.7 Å². The number of hydrogen-bond acceptors (Lipinski definition) is 4. The summed E-state index contributed by atoms with van der Waals surface area (Å²) in [6.07, 6.45) is 8.79. The highest BCUT2D eigenvalue weighted by Gasteiger charge is 2.61. The van der Waals surface area contributed by atoms with E-state index < -0.39 is 0 Å². The standard InChI is InChI=1S/C52H40N4/c1-3-10-34(11-4-1)49-54-50(35-12-5-2-6-13-35)56-51(55-49)41-29-39(36-18-20-48-38(27-36)14-9-21-53-48)28-40(30-41)37-17-19-45-44-15-7-8-16-46(44)52(47(45)31-37)42-23-32-22-33(25-42)26-43(52)24-32/h1-21,27-33,42-43H,22-26H2. The summed E-state index contributed by atoms with van der Waals surface area (Å²) in [5, 5.41) is 1.12. The third-order valence-electron chi connectivity index (χ3n) is 13.7. The molecule has 5 aliphatic carbocycles. The molecule has 5 aliphatic rings. The van der Waals surface area contributed by atoms with Gasteiger partial charge in [0.05, 0.1) is 5.52 Å². The fourth-order valence-electron chi connectivity index (χ4n) is 11.6. The molecule has 0 atom stereocenters.